The molecule has 0 aromatic heterocycles. The molecule has 7 heteroatoms. The van der Waals surface area contributed by atoms with Crippen molar-refractivity contribution in [2.75, 3.05) is 32.0 Å². The second-order valence-electron chi connectivity index (χ2n) is 7.52. The number of hydrogen-bond acceptors (Lipinski definition) is 4. The van der Waals surface area contributed by atoms with Gasteiger partial charge in [-0.3, -0.25) is 4.79 Å². The molecular weight excluding hydrogens is 400 g/mol. The van der Waals surface area contributed by atoms with Gasteiger partial charge in [0.15, 0.2) is 0 Å². The number of benzene rings is 2. The molecule has 1 aliphatic heterocycles. The minimum absolute atomic E-state index is 0.0399. The van der Waals surface area contributed by atoms with Crippen molar-refractivity contribution in [1.29, 1.82) is 0 Å². The summed E-state index contributed by atoms with van der Waals surface area (Å²) in [5.41, 5.74) is 0.234. The van der Waals surface area contributed by atoms with E-state index in [0.29, 0.717) is 45.5 Å². The highest BCUT2D eigenvalue weighted by atomic mass is 32.2. The molecule has 2 aromatic carbocycles. The number of sulfonamides is 1. The Kier molecular flexibility index (Phi) is 7.50. The molecule has 1 fully saturated rings. The van der Waals surface area contributed by atoms with Gasteiger partial charge in [0.2, 0.25) is 15.9 Å². The zero-order chi connectivity index (χ0) is 21.5. The summed E-state index contributed by atoms with van der Waals surface area (Å²) in [7, 11) is -3.24. The third kappa shape index (κ3) is 5.21. The van der Waals surface area contributed by atoms with E-state index in [0.717, 1.165) is 11.3 Å². The lowest BCUT2D eigenvalue weighted by molar-refractivity contribution is -0.128. The van der Waals surface area contributed by atoms with Crippen LogP contribution in [0, 0.1) is 0 Å². The van der Waals surface area contributed by atoms with Gasteiger partial charge in [-0.25, -0.2) is 12.7 Å². The summed E-state index contributed by atoms with van der Waals surface area (Å²) >= 11 is 0. The Bertz CT molecular complexity index is 909. The third-order valence-electron chi connectivity index (χ3n) is 5.71. The molecule has 1 heterocycles. The average molecular weight is 431 g/mol. The molecule has 0 atom stereocenters. The van der Waals surface area contributed by atoms with Crippen molar-refractivity contribution in [3.63, 3.8) is 0 Å². The molecular formula is C23H30N2O4S. The fourth-order valence-corrected chi connectivity index (χ4v) is 4.99. The van der Waals surface area contributed by atoms with Gasteiger partial charge in [0.1, 0.15) is 5.75 Å². The molecule has 1 amide bonds. The van der Waals surface area contributed by atoms with Crippen molar-refractivity contribution in [2.45, 2.75) is 31.6 Å². The summed E-state index contributed by atoms with van der Waals surface area (Å²) in [6.07, 6.45) is 1.65. The first-order chi connectivity index (χ1) is 14.5. The molecule has 162 valence electrons. The smallest absolute Gasteiger partial charge is 0.230 e. The summed E-state index contributed by atoms with van der Waals surface area (Å²) in [6, 6.07) is 19.3. The van der Waals surface area contributed by atoms with Crippen LogP contribution in [0.25, 0.3) is 0 Å². The Labute approximate surface area is 179 Å². The highest BCUT2D eigenvalue weighted by molar-refractivity contribution is 7.89. The number of carbonyl (C=O) groups is 1. The number of nitrogens with zero attached hydrogens (tertiary/aromatic N) is 1. The Morgan fingerprint density at radius 2 is 1.63 bits per heavy atom. The molecule has 6 nitrogen and oxygen atoms in total. The van der Waals surface area contributed by atoms with Gasteiger partial charge in [0, 0.05) is 19.6 Å². The highest BCUT2D eigenvalue weighted by Gasteiger charge is 2.44. The Morgan fingerprint density at radius 3 is 2.23 bits per heavy atom. The molecule has 2 aromatic rings. The Hall–Kier alpha value is -2.38. The molecule has 1 N–H and O–H groups in total. The van der Waals surface area contributed by atoms with E-state index in [-0.39, 0.29) is 11.7 Å². The Balaban J connectivity index is 1.61. The topological polar surface area (TPSA) is 75.7 Å². The van der Waals surface area contributed by atoms with E-state index in [9.17, 15) is 13.2 Å². The first-order valence-corrected chi connectivity index (χ1v) is 12.1. The van der Waals surface area contributed by atoms with E-state index in [1.165, 1.54) is 4.31 Å². The normalized spacial score (nSPS) is 16.7. The van der Waals surface area contributed by atoms with Crippen LogP contribution < -0.4 is 10.1 Å². The fraction of sp³-hybridized carbons (Fsp3) is 0.435. The Morgan fingerprint density at radius 1 is 1.03 bits per heavy atom. The molecule has 30 heavy (non-hydrogen) atoms. The van der Waals surface area contributed by atoms with E-state index in [1.807, 2.05) is 60.7 Å². The number of piperidine rings is 1. The second kappa shape index (κ2) is 10.1. The van der Waals surface area contributed by atoms with Gasteiger partial charge >= 0.3 is 0 Å². The lowest BCUT2D eigenvalue weighted by atomic mass is 9.72. The van der Waals surface area contributed by atoms with Crippen LogP contribution in [-0.2, 0) is 20.2 Å². The van der Waals surface area contributed by atoms with Crippen molar-refractivity contribution >= 4 is 15.9 Å². The summed E-state index contributed by atoms with van der Waals surface area (Å²) in [4.78, 5) is 13.3. The number of amides is 1. The van der Waals surface area contributed by atoms with E-state index < -0.39 is 15.4 Å². The van der Waals surface area contributed by atoms with Gasteiger partial charge < -0.3 is 10.1 Å². The van der Waals surface area contributed by atoms with Crippen LogP contribution in [0.5, 0.6) is 5.75 Å². The average Bonchev–Trinajstić information content (AvgIpc) is 2.80. The monoisotopic (exact) mass is 430 g/mol. The van der Waals surface area contributed by atoms with Gasteiger partial charge in [-0.05, 0) is 43.9 Å². The summed E-state index contributed by atoms with van der Waals surface area (Å²) in [5, 5.41) is 3.06. The van der Waals surface area contributed by atoms with Crippen molar-refractivity contribution in [2.24, 2.45) is 0 Å². The quantitative estimate of drug-likeness (QED) is 0.621. The maximum Gasteiger partial charge on any atom is 0.230 e. The predicted molar refractivity (Wildman–Crippen MR) is 118 cm³/mol. The molecule has 0 bridgehead atoms. The van der Waals surface area contributed by atoms with E-state index in [2.05, 4.69) is 5.32 Å². The van der Waals surface area contributed by atoms with Crippen molar-refractivity contribution in [3.8, 4) is 5.75 Å². The lowest BCUT2D eigenvalue weighted by Gasteiger charge is -2.40. The molecule has 1 saturated heterocycles. The van der Waals surface area contributed by atoms with E-state index in [4.69, 9.17) is 4.74 Å². The summed E-state index contributed by atoms with van der Waals surface area (Å²) in [5.74, 6) is 0.856. The molecule has 0 radical (unpaired) electrons. The first-order valence-electron chi connectivity index (χ1n) is 10.5. The van der Waals surface area contributed by atoms with Crippen LogP contribution in [-0.4, -0.2) is 50.6 Å². The number of hydrogen-bond donors (Lipinski definition) is 1. The molecule has 0 spiro atoms. The molecule has 0 saturated carbocycles. The minimum atomic E-state index is -3.24. The lowest BCUT2D eigenvalue weighted by Crippen LogP contribution is -2.53. The maximum atomic E-state index is 13.3. The van der Waals surface area contributed by atoms with E-state index >= 15 is 0 Å². The van der Waals surface area contributed by atoms with Gasteiger partial charge in [0.25, 0.3) is 0 Å². The van der Waals surface area contributed by atoms with Gasteiger partial charge in [-0.2, -0.15) is 0 Å². The molecule has 3 rings (SSSR count). The van der Waals surface area contributed by atoms with Gasteiger partial charge in [-0.15, -0.1) is 0 Å². The van der Waals surface area contributed by atoms with Crippen LogP contribution in [0.3, 0.4) is 0 Å². The fourth-order valence-electron chi connectivity index (χ4n) is 3.88. The first kappa shape index (κ1) is 22.3. The highest BCUT2D eigenvalue weighted by Crippen LogP contribution is 2.36. The molecule has 0 unspecified atom stereocenters. The van der Waals surface area contributed by atoms with Crippen LogP contribution >= 0.6 is 0 Å². The van der Waals surface area contributed by atoms with Crippen molar-refractivity contribution in [3.05, 3.63) is 66.2 Å². The molecule has 0 aliphatic carbocycles. The summed E-state index contributed by atoms with van der Waals surface area (Å²) < 4.78 is 31.7. The van der Waals surface area contributed by atoms with Crippen molar-refractivity contribution in [1.82, 2.24) is 9.62 Å². The van der Waals surface area contributed by atoms with Crippen molar-refractivity contribution < 1.29 is 17.9 Å². The maximum absolute atomic E-state index is 13.3. The standard InChI is InChI=1S/C23H30N2O4S/c1-2-30(27,28)25-17-14-23(15-18-25,20-10-5-3-6-11-20)22(26)24-16-9-19-29-21-12-7-4-8-13-21/h3-8,10-13H,2,9,14-19H2,1H3,(H,24,26). The summed E-state index contributed by atoms with van der Waals surface area (Å²) in [6.45, 7) is 3.40. The predicted octanol–water partition coefficient (Wildman–Crippen LogP) is 2.96. The van der Waals surface area contributed by atoms with Crippen LogP contribution in [0.15, 0.2) is 60.7 Å². The number of para-hydroxylation sites is 1. The number of rotatable bonds is 9. The SMILES string of the molecule is CCS(=O)(=O)N1CCC(C(=O)NCCCOc2ccccc2)(c2ccccc2)CC1. The van der Waals surface area contributed by atoms with Gasteiger partial charge in [0.05, 0.1) is 17.8 Å². The van der Waals surface area contributed by atoms with Gasteiger partial charge in [-0.1, -0.05) is 48.5 Å². The van der Waals surface area contributed by atoms with Crippen LogP contribution in [0.4, 0.5) is 0 Å². The number of nitrogens with one attached hydrogen (secondary N) is 1. The molecule has 1 aliphatic rings. The minimum Gasteiger partial charge on any atom is -0.494 e. The number of ether oxygens (including phenoxy) is 1. The zero-order valence-corrected chi connectivity index (χ0v) is 18.2. The van der Waals surface area contributed by atoms with E-state index in [1.54, 1.807) is 6.92 Å². The van der Waals surface area contributed by atoms with Crippen LogP contribution in [0.1, 0.15) is 31.7 Å². The van der Waals surface area contributed by atoms with Crippen LogP contribution in [0.2, 0.25) is 0 Å². The second-order valence-corrected chi connectivity index (χ2v) is 9.78. The largest absolute Gasteiger partial charge is 0.494 e. The third-order valence-corrected chi connectivity index (χ3v) is 7.60. The zero-order valence-electron chi connectivity index (χ0n) is 17.4. The number of carbonyl (C=O) groups excluding carboxylic acids is 1.